The highest BCUT2D eigenvalue weighted by molar-refractivity contribution is 5.81. The summed E-state index contributed by atoms with van der Waals surface area (Å²) in [6.07, 6.45) is 3.00. The van der Waals surface area contributed by atoms with E-state index in [2.05, 4.69) is 10.4 Å². The standard InChI is InChI=1S/C18H19FN4O/c1-11-16(12-5-7-13(19)8-6-12)18-21-15-4-2-3-14(15)17(20-9-10-24)23(18)22-11/h5-8,20,24H,2-4,9-10H2,1H3. The van der Waals surface area contributed by atoms with Gasteiger partial charge in [0.25, 0.3) is 0 Å². The normalized spacial score (nSPS) is 13.5. The summed E-state index contributed by atoms with van der Waals surface area (Å²) in [4.78, 5) is 4.85. The van der Waals surface area contributed by atoms with Crippen LogP contribution in [0.25, 0.3) is 16.8 Å². The maximum absolute atomic E-state index is 13.3. The largest absolute Gasteiger partial charge is 0.395 e. The second-order valence-electron chi connectivity index (χ2n) is 6.09. The van der Waals surface area contributed by atoms with Crippen LogP contribution in [0.4, 0.5) is 10.2 Å². The van der Waals surface area contributed by atoms with E-state index in [0.29, 0.717) is 6.54 Å². The van der Waals surface area contributed by atoms with E-state index in [0.717, 1.165) is 53.2 Å². The van der Waals surface area contributed by atoms with E-state index in [1.54, 1.807) is 12.1 Å². The number of aliphatic hydroxyl groups excluding tert-OH is 1. The predicted octanol–water partition coefficient (Wildman–Crippen LogP) is 2.74. The SMILES string of the molecule is Cc1nn2c(NCCO)c3c(nc2c1-c1ccc(F)cc1)CCC3. The van der Waals surface area contributed by atoms with Crippen molar-refractivity contribution in [2.24, 2.45) is 0 Å². The molecule has 24 heavy (non-hydrogen) atoms. The molecular weight excluding hydrogens is 307 g/mol. The van der Waals surface area contributed by atoms with Crippen LogP contribution in [0.15, 0.2) is 24.3 Å². The Morgan fingerprint density at radius 1 is 1.25 bits per heavy atom. The van der Waals surface area contributed by atoms with E-state index in [1.807, 2.05) is 11.4 Å². The minimum Gasteiger partial charge on any atom is -0.395 e. The number of rotatable bonds is 4. The van der Waals surface area contributed by atoms with Crippen molar-refractivity contribution in [1.29, 1.82) is 0 Å². The summed E-state index contributed by atoms with van der Waals surface area (Å²) in [7, 11) is 0. The van der Waals surface area contributed by atoms with E-state index >= 15 is 0 Å². The quantitative estimate of drug-likeness (QED) is 0.774. The Morgan fingerprint density at radius 3 is 2.79 bits per heavy atom. The van der Waals surface area contributed by atoms with Gasteiger partial charge in [-0.3, -0.25) is 0 Å². The first-order chi connectivity index (χ1) is 11.7. The summed E-state index contributed by atoms with van der Waals surface area (Å²) < 4.78 is 15.1. The lowest BCUT2D eigenvalue weighted by Crippen LogP contribution is -2.13. The third-order valence-corrected chi connectivity index (χ3v) is 4.50. The van der Waals surface area contributed by atoms with Gasteiger partial charge in [0.1, 0.15) is 11.6 Å². The number of nitrogens with one attached hydrogen (secondary N) is 1. The molecule has 124 valence electrons. The molecule has 3 aromatic rings. The molecule has 2 N–H and O–H groups in total. The maximum atomic E-state index is 13.3. The Balaban J connectivity index is 1.96. The number of aliphatic hydroxyl groups is 1. The van der Waals surface area contributed by atoms with Gasteiger partial charge in [0.15, 0.2) is 5.65 Å². The first-order valence-corrected chi connectivity index (χ1v) is 8.21. The fraction of sp³-hybridized carbons (Fsp3) is 0.333. The highest BCUT2D eigenvalue weighted by atomic mass is 19.1. The Morgan fingerprint density at radius 2 is 2.04 bits per heavy atom. The third-order valence-electron chi connectivity index (χ3n) is 4.50. The number of benzene rings is 1. The van der Waals surface area contributed by atoms with Gasteiger partial charge in [0.2, 0.25) is 0 Å². The molecule has 5 nitrogen and oxygen atoms in total. The van der Waals surface area contributed by atoms with Gasteiger partial charge in [-0.1, -0.05) is 12.1 Å². The monoisotopic (exact) mass is 326 g/mol. The summed E-state index contributed by atoms with van der Waals surface area (Å²) in [6.45, 7) is 2.47. The molecule has 0 atom stereocenters. The molecule has 2 aromatic heterocycles. The van der Waals surface area contributed by atoms with E-state index < -0.39 is 0 Å². The number of anilines is 1. The maximum Gasteiger partial charge on any atom is 0.165 e. The lowest BCUT2D eigenvalue weighted by Gasteiger charge is -2.12. The van der Waals surface area contributed by atoms with Crippen LogP contribution in [0.3, 0.4) is 0 Å². The average Bonchev–Trinajstić information content (AvgIpc) is 3.16. The molecule has 0 saturated carbocycles. The molecule has 2 heterocycles. The minimum absolute atomic E-state index is 0.0592. The molecule has 0 saturated heterocycles. The fourth-order valence-corrected chi connectivity index (χ4v) is 3.45. The van der Waals surface area contributed by atoms with Crippen LogP contribution in [0.1, 0.15) is 23.4 Å². The van der Waals surface area contributed by atoms with E-state index in [-0.39, 0.29) is 12.4 Å². The third kappa shape index (κ3) is 2.34. The highest BCUT2D eigenvalue weighted by Gasteiger charge is 2.23. The van der Waals surface area contributed by atoms with Gasteiger partial charge in [-0.15, -0.1) is 0 Å². The number of aryl methyl sites for hydroxylation is 2. The van der Waals surface area contributed by atoms with Crippen LogP contribution in [0.2, 0.25) is 0 Å². The van der Waals surface area contributed by atoms with Gasteiger partial charge in [-0.25, -0.2) is 9.37 Å². The van der Waals surface area contributed by atoms with Crippen LogP contribution in [0, 0.1) is 12.7 Å². The lowest BCUT2D eigenvalue weighted by atomic mass is 10.1. The smallest absolute Gasteiger partial charge is 0.165 e. The van der Waals surface area contributed by atoms with Gasteiger partial charge < -0.3 is 10.4 Å². The second kappa shape index (κ2) is 5.87. The van der Waals surface area contributed by atoms with E-state index in [1.165, 1.54) is 17.7 Å². The zero-order chi connectivity index (χ0) is 16.7. The van der Waals surface area contributed by atoms with Crippen molar-refractivity contribution in [2.45, 2.75) is 26.2 Å². The van der Waals surface area contributed by atoms with Crippen molar-refractivity contribution >= 4 is 11.5 Å². The number of hydrogen-bond acceptors (Lipinski definition) is 4. The molecular formula is C18H19FN4O. The molecule has 1 aliphatic rings. The van der Waals surface area contributed by atoms with Crippen molar-refractivity contribution < 1.29 is 9.50 Å². The number of nitrogens with zero attached hydrogens (tertiary/aromatic N) is 3. The Kier molecular flexibility index (Phi) is 3.69. The molecule has 0 spiro atoms. The molecule has 6 heteroatoms. The second-order valence-corrected chi connectivity index (χ2v) is 6.09. The van der Waals surface area contributed by atoms with Gasteiger partial charge in [0.05, 0.1) is 12.3 Å². The molecule has 0 unspecified atom stereocenters. The van der Waals surface area contributed by atoms with Crippen molar-refractivity contribution in [3.8, 4) is 11.1 Å². The zero-order valence-corrected chi connectivity index (χ0v) is 13.5. The lowest BCUT2D eigenvalue weighted by molar-refractivity contribution is 0.311. The first kappa shape index (κ1) is 15.1. The number of fused-ring (bicyclic) bond motifs is 2. The van der Waals surface area contributed by atoms with Gasteiger partial charge in [-0.05, 0) is 43.9 Å². The summed E-state index contributed by atoms with van der Waals surface area (Å²) in [5.74, 6) is 0.657. The molecule has 0 bridgehead atoms. The van der Waals surface area contributed by atoms with Crippen LogP contribution in [-0.4, -0.2) is 32.9 Å². The topological polar surface area (TPSA) is 62.5 Å². The molecule has 0 fully saturated rings. The molecule has 1 aliphatic carbocycles. The molecule has 0 amide bonds. The summed E-state index contributed by atoms with van der Waals surface area (Å²) >= 11 is 0. The molecule has 0 aliphatic heterocycles. The highest BCUT2D eigenvalue weighted by Crippen LogP contribution is 2.34. The predicted molar refractivity (Wildman–Crippen MR) is 90.7 cm³/mol. The molecule has 0 radical (unpaired) electrons. The van der Waals surface area contributed by atoms with Gasteiger partial charge in [0, 0.05) is 23.4 Å². The fourth-order valence-electron chi connectivity index (χ4n) is 3.45. The first-order valence-electron chi connectivity index (χ1n) is 8.21. The van der Waals surface area contributed by atoms with E-state index in [9.17, 15) is 4.39 Å². The Bertz CT molecular complexity index is 902. The minimum atomic E-state index is -0.257. The summed E-state index contributed by atoms with van der Waals surface area (Å²) in [5, 5.41) is 17.1. The van der Waals surface area contributed by atoms with Crippen LogP contribution >= 0.6 is 0 Å². The number of aromatic nitrogens is 3. The number of halogens is 1. The van der Waals surface area contributed by atoms with Gasteiger partial charge >= 0.3 is 0 Å². The van der Waals surface area contributed by atoms with Gasteiger partial charge in [-0.2, -0.15) is 9.61 Å². The van der Waals surface area contributed by atoms with Crippen molar-refractivity contribution in [1.82, 2.24) is 14.6 Å². The van der Waals surface area contributed by atoms with Crippen LogP contribution in [0.5, 0.6) is 0 Å². The average molecular weight is 326 g/mol. The summed E-state index contributed by atoms with van der Waals surface area (Å²) in [5.41, 5.74) is 5.74. The molecule has 1 aromatic carbocycles. The van der Waals surface area contributed by atoms with Crippen LogP contribution < -0.4 is 5.32 Å². The Hall–Kier alpha value is -2.47. The van der Waals surface area contributed by atoms with Crippen molar-refractivity contribution in [3.63, 3.8) is 0 Å². The van der Waals surface area contributed by atoms with Crippen molar-refractivity contribution in [2.75, 3.05) is 18.5 Å². The van der Waals surface area contributed by atoms with Crippen LogP contribution in [-0.2, 0) is 12.8 Å². The van der Waals surface area contributed by atoms with E-state index in [4.69, 9.17) is 10.1 Å². The van der Waals surface area contributed by atoms with Crippen molar-refractivity contribution in [3.05, 3.63) is 47.0 Å². The number of hydrogen-bond donors (Lipinski definition) is 2. The molecule has 4 rings (SSSR count). The zero-order valence-electron chi connectivity index (χ0n) is 13.5. The summed E-state index contributed by atoms with van der Waals surface area (Å²) in [6, 6.07) is 6.43. The Labute approximate surface area is 139 Å².